The normalized spacial score (nSPS) is 10.9. The molecule has 4 aromatic rings. The van der Waals surface area contributed by atoms with Gasteiger partial charge in [0.05, 0.1) is 24.0 Å². The van der Waals surface area contributed by atoms with Crippen molar-refractivity contribution in [2.24, 2.45) is 0 Å². The number of ether oxygens (including phenoxy) is 2. The molecular formula is C21H19N3O3S. The highest BCUT2D eigenvalue weighted by Gasteiger charge is 2.08. The number of hydrogen-bond donors (Lipinski definition) is 0. The number of methoxy groups -OCH3 is 1. The lowest BCUT2D eigenvalue weighted by Gasteiger charge is -2.11. The third kappa shape index (κ3) is 3.75. The number of pyridine rings is 1. The van der Waals surface area contributed by atoms with Crippen LogP contribution in [-0.2, 0) is 6.54 Å². The highest BCUT2D eigenvalue weighted by Crippen LogP contribution is 2.27. The number of nitrogens with zero attached hydrogens (tertiary/aromatic N) is 3. The molecule has 0 fully saturated rings. The number of thiophene rings is 1. The fourth-order valence-electron chi connectivity index (χ4n) is 2.90. The summed E-state index contributed by atoms with van der Waals surface area (Å²) in [4.78, 5) is 17.6. The molecule has 0 bridgehead atoms. The molecule has 0 N–H and O–H groups in total. The van der Waals surface area contributed by atoms with Gasteiger partial charge in [-0.1, -0.05) is 0 Å². The molecule has 0 unspecified atom stereocenters. The largest absolute Gasteiger partial charge is 0.497 e. The summed E-state index contributed by atoms with van der Waals surface area (Å²) in [7, 11) is 1.62. The summed E-state index contributed by atoms with van der Waals surface area (Å²) in [6, 6.07) is 12.8. The highest BCUT2D eigenvalue weighted by molar-refractivity contribution is 7.13. The van der Waals surface area contributed by atoms with Gasteiger partial charge in [0, 0.05) is 23.7 Å². The quantitative estimate of drug-likeness (QED) is 0.497. The molecule has 0 saturated heterocycles. The van der Waals surface area contributed by atoms with Gasteiger partial charge in [-0.3, -0.25) is 9.78 Å². The minimum atomic E-state index is -0.148. The van der Waals surface area contributed by atoms with Crippen LogP contribution in [0.3, 0.4) is 0 Å². The van der Waals surface area contributed by atoms with Crippen molar-refractivity contribution < 1.29 is 9.47 Å². The van der Waals surface area contributed by atoms with E-state index in [1.54, 1.807) is 36.8 Å². The lowest BCUT2D eigenvalue weighted by atomic mass is 10.2. The molecule has 0 aliphatic rings. The van der Waals surface area contributed by atoms with Gasteiger partial charge in [0.1, 0.15) is 23.8 Å². The number of fused-ring (bicyclic) bond motifs is 1. The smallest absolute Gasteiger partial charge is 0.266 e. The van der Waals surface area contributed by atoms with Crippen LogP contribution in [0.15, 0.2) is 58.8 Å². The van der Waals surface area contributed by atoms with Crippen molar-refractivity contribution in [2.45, 2.75) is 13.5 Å². The van der Waals surface area contributed by atoms with E-state index in [-0.39, 0.29) is 5.56 Å². The van der Waals surface area contributed by atoms with E-state index >= 15 is 0 Å². The Morgan fingerprint density at radius 1 is 1.14 bits per heavy atom. The van der Waals surface area contributed by atoms with E-state index in [0.29, 0.717) is 18.9 Å². The zero-order valence-corrected chi connectivity index (χ0v) is 16.4. The van der Waals surface area contributed by atoms with Gasteiger partial charge in [-0.05, 0) is 48.2 Å². The van der Waals surface area contributed by atoms with Crippen LogP contribution in [0.4, 0.5) is 0 Å². The van der Waals surface area contributed by atoms with Crippen molar-refractivity contribution >= 4 is 22.2 Å². The zero-order chi connectivity index (χ0) is 19.5. The Hall–Kier alpha value is -3.19. The second-order valence-corrected chi connectivity index (χ2v) is 7.22. The first-order valence-corrected chi connectivity index (χ1v) is 9.71. The number of rotatable bonds is 6. The Kier molecular flexibility index (Phi) is 5.08. The van der Waals surface area contributed by atoms with Crippen LogP contribution in [0.5, 0.6) is 11.5 Å². The van der Waals surface area contributed by atoms with E-state index in [9.17, 15) is 4.79 Å². The molecule has 0 radical (unpaired) electrons. The van der Waals surface area contributed by atoms with Crippen LogP contribution in [0.2, 0.25) is 0 Å². The van der Waals surface area contributed by atoms with Gasteiger partial charge < -0.3 is 9.47 Å². The first-order chi connectivity index (χ1) is 13.6. The Balaban J connectivity index is 1.51. The molecular weight excluding hydrogens is 374 g/mol. The molecule has 28 heavy (non-hydrogen) atoms. The molecule has 0 saturated carbocycles. The van der Waals surface area contributed by atoms with Crippen LogP contribution in [0.25, 0.3) is 21.5 Å². The predicted molar refractivity (Wildman–Crippen MR) is 110 cm³/mol. The molecule has 3 aromatic heterocycles. The second kappa shape index (κ2) is 7.82. The average Bonchev–Trinajstić information content (AvgIpc) is 3.15. The van der Waals surface area contributed by atoms with Gasteiger partial charge in [0.25, 0.3) is 5.56 Å². The molecule has 3 heterocycles. The summed E-state index contributed by atoms with van der Waals surface area (Å²) >= 11 is 1.62. The Bertz CT molecular complexity index is 1180. The van der Waals surface area contributed by atoms with Gasteiger partial charge in [-0.2, -0.15) is 5.10 Å². The monoisotopic (exact) mass is 393 g/mol. The molecule has 7 heteroatoms. The van der Waals surface area contributed by atoms with Gasteiger partial charge in [-0.25, -0.2) is 4.68 Å². The van der Waals surface area contributed by atoms with E-state index in [0.717, 1.165) is 27.2 Å². The molecule has 4 rings (SSSR count). The summed E-state index contributed by atoms with van der Waals surface area (Å²) < 4.78 is 12.6. The van der Waals surface area contributed by atoms with E-state index in [4.69, 9.17) is 9.47 Å². The maximum Gasteiger partial charge on any atom is 0.266 e. The summed E-state index contributed by atoms with van der Waals surface area (Å²) in [5.41, 5.74) is 2.62. The number of benzene rings is 1. The molecule has 0 aliphatic carbocycles. The van der Waals surface area contributed by atoms with Crippen LogP contribution in [0, 0.1) is 6.92 Å². The summed E-state index contributed by atoms with van der Waals surface area (Å²) in [6.45, 7) is 2.72. The highest BCUT2D eigenvalue weighted by atomic mass is 32.1. The molecule has 1 aromatic carbocycles. The fraction of sp³-hybridized carbons (Fsp3) is 0.190. The summed E-state index contributed by atoms with van der Waals surface area (Å²) in [6.07, 6.45) is 1.70. The molecule has 0 spiro atoms. The van der Waals surface area contributed by atoms with Crippen molar-refractivity contribution in [2.75, 3.05) is 13.7 Å². The van der Waals surface area contributed by atoms with Gasteiger partial charge in [0.2, 0.25) is 0 Å². The van der Waals surface area contributed by atoms with Crippen LogP contribution < -0.4 is 15.0 Å². The topological polar surface area (TPSA) is 66.2 Å². The predicted octanol–water partition coefficient (Wildman–Crippen LogP) is 3.92. The molecule has 6 nitrogen and oxygen atoms in total. The van der Waals surface area contributed by atoms with Gasteiger partial charge >= 0.3 is 0 Å². The van der Waals surface area contributed by atoms with Gasteiger partial charge in [0.15, 0.2) is 0 Å². The lowest BCUT2D eigenvalue weighted by Crippen LogP contribution is -2.25. The van der Waals surface area contributed by atoms with Crippen molar-refractivity contribution in [3.05, 3.63) is 70.0 Å². The number of aromatic nitrogens is 3. The molecule has 0 aliphatic heterocycles. The van der Waals surface area contributed by atoms with E-state index in [2.05, 4.69) is 21.5 Å². The third-order valence-corrected chi connectivity index (χ3v) is 5.39. The van der Waals surface area contributed by atoms with Gasteiger partial charge in [-0.15, -0.1) is 11.3 Å². The Morgan fingerprint density at radius 2 is 2.04 bits per heavy atom. The van der Waals surface area contributed by atoms with E-state index < -0.39 is 0 Å². The molecule has 0 amide bonds. The number of aryl methyl sites for hydroxylation is 1. The van der Waals surface area contributed by atoms with Crippen LogP contribution in [-0.4, -0.2) is 28.5 Å². The Labute approximate surface area is 166 Å². The first-order valence-electron chi connectivity index (χ1n) is 8.83. The maximum atomic E-state index is 12.2. The van der Waals surface area contributed by atoms with Crippen LogP contribution in [0.1, 0.15) is 5.56 Å². The van der Waals surface area contributed by atoms with Crippen molar-refractivity contribution in [3.8, 4) is 22.1 Å². The fourth-order valence-corrected chi connectivity index (χ4v) is 3.77. The summed E-state index contributed by atoms with van der Waals surface area (Å²) in [5.74, 6) is 1.46. The average molecular weight is 393 g/mol. The molecule has 142 valence electrons. The lowest BCUT2D eigenvalue weighted by molar-refractivity contribution is 0.291. The maximum absolute atomic E-state index is 12.2. The zero-order valence-electron chi connectivity index (χ0n) is 15.6. The van der Waals surface area contributed by atoms with E-state index in [1.165, 1.54) is 10.2 Å². The standard InChI is InChI=1S/C21H19N3O3S/c1-14-11-20(28-13-14)17-5-6-21(25)24(23-17)9-10-27-19-7-8-22-18-12-15(26-2)3-4-16(18)19/h3-8,11-13H,9-10H2,1-2H3. The van der Waals surface area contributed by atoms with Crippen molar-refractivity contribution in [3.63, 3.8) is 0 Å². The molecule has 0 atom stereocenters. The second-order valence-electron chi connectivity index (χ2n) is 6.31. The third-order valence-electron chi connectivity index (χ3n) is 4.32. The van der Waals surface area contributed by atoms with Crippen LogP contribution >= 0.6 is 11.3 Å². The minimum Gasteiger partial charge on any atom is -0.497 e. The first kappa shape index (κ1) is 18.2. The van der Waals surface area contributed by atoms with Crippen molar-refractivity contribution in [1.82, 2.24) is 14.8 Å². The SMILES string of the molecule is COc1ccc2c(OCCn3nc(-c4cc(C)cs4)ccc3=O)ccnc2c1. The summed E-state index contributed by atoms with van der Waals surface area (Å²) in [5, 5.41) is 7.44. The van der Waals surface area contributed by atoms with E-state index in [1.807, 2.05) is 31.2 Å². The minimum absolute atomic E-state index is 0.148. The number of hydrogen-bond acceptors (Lipinski definition) is 6. The van der Waals surface area contributed by atoms with Crippen molar-refractivity contribution in [1.29, 1.82) is 0 Å². The Morgan fingerprint density at radius 3 is 2.82 bits per heavy atom.